The lowest BCUT2D eigenvalue weighted by molar-refractivity contribution is 0.241. The number of hydrogen-bond acceptors (Lipinski definition) is 8. The van der Waals surface area contributed by atoms with Gasteiger partial charge in [-0.2, -0.15) is 8.42 Å². The zero-order chi connectivity index (χ0) is 21.6. The Hall–Kier alpha value is -2.82. The number of aromatic nitrogens is 2. The lowest BCUT2D eigenvalue weighted by Gasteiger charge is -2.23. The van der Waals surface area contributed by atoms with E-state index >= 15 is 0 Å². The molecular weight excluding hydrogens is 418 g/mol. The molecule has 9 nitrogen and oxygen atoms in total. The minimum atomic E-state index is -3.89. The molecular formula is C21H29N5O4S. The van der Waals surface area contributed by atoms with Crippen LogP contribution in [0.25, 0.3) is 11.0 Å². The number of aryl methyl sites for hydroxylation is 1. The van der Waals surface area contributed by atoms with Gasteiger partial charge >= 0.3 is 10.4 Å². The predicted molar refractivity (Wildman–Crippen MR) is 123 cm³/mol. The third-order valence-corrected chi connectivity index (χ3v) is 5.42. The van der Waals surface area contributed by atoms with Gasteiger partial charge < -0.3 is 9.88 Å². The number of aromatic amines is 1. The van der Waals surface area contributed by atoms with Crippen LogP contribution in [-0.4, -0.2) is 45.2 Å². The Kier molecular flexibility index (Phi) is 8.66. The minimum absolute atomic E-state index is 0. The lowest BCUT2D eigenvalue weighted by atomic mass is 10.1. The number of para-hydroxylation sites is 2. The smallest absolute Gasteiger partial charge is 0.372 e. The standard InChI is InChI=1S/C20H25N5O4S.CH4/c1-4-25(12-7-13-29-30(26,27)28-3)16-10-11-17(15(2)14-16)23-24-20-21-18-8-5-6-9-19(18)22-20;/h5-6,8-11,14H,4,7,12-13H2,1-3H3,(H,21,22);1H4. The summed E-state index contributed by atoms with van der Waals surface area (Å²) in [4.78, 5) is 9.65. The van der Waals surface area contributed by atoms with Crippen molar-refractivity contribution >= 4 is 38.8 Å². The maximum Gasteiger partial charge on any atom is 0.399 e. The fraction of sp³-hybridized carbons (Fsp3) is 0.381. The average Bonchev–Trinajstić information content (AvgIpc) is 3.16. The maximum atomic E-state index is 11.2. The number of rotatable bonds is 10. The fourth-order valence-corrected chi connectivity index (χ4v) is 3.39. The van der Waals surface area contributed by atoms with Crippen LogP contribution in [0.4, 0.5) is 17.3 Å². The largest absolute Gasteiger partial charge is 0.399 e. The number of benzene rings is 2. The number of fused-ring (bicyclic) bond motifs is 1. The highest BCUT2D eigenvalue weighted by Crippen LogP contribution is 2.27. The molecule has 0 unspecified atom stereocenters. The number of nitrogens with zero attached hydrogens (tertiary/aromatic N) is 4. The van der Waals surface area contributed by atoms with Gasteiger partial charge in [-0.3, -0.25) is 4.18 Å². The summed E-state index contributed by atoms with van der Waals surface area (Å²) >= 11 is 0. The molecule has 3 aromatic rings. The first kappa shape index (κ1) is 24.4. The van der Waals surface area contributed by atoms with Crippen LogP contribution in [0.15, 0.2) is 52.7 Å². The van der Waals surface area contributed by atoms with Crippen LogP contribution in [-0.2, 0) is 18.8 Å². The zero-order valence-corrected chi connectivity index (χ0v) is 18.0. The molecule has 2 aromatic carbocycles. The van der Waals surface area contributed by atoms with E-state index in [1.807, 2.05) is 56.3 Å². The molecule has 0 radical (unpaired) electrons. The normalized spacial score (nSPS) is 11.7. The van der Waals surface area contributed by atoms with Gasteiger partial charge in [-0.25, -0.2) is 9.17 Å². The Morgan fingerprint density at radius 2 is 1.94 bits per heavy atom. The highest BCUT2D eigenvalue weighted by atomic mass is 32.3. The van der Waals surface area contributed by atoms with E-state index in [-0.39, 0.29) is 14.0 Å². The molecule has 0 saturated heterocycles. The maximum absolute atomic E-state index is 11.2. The van der Waals surface area contributed by atoms with Crippen molar-refractivity contribution in [2.45, 2.75) is 27.7 Å². The van der Waals surface area contributed by atoms with E-state index in [1.165, 1.54) is 0 Å². The average molecular weight is 448 g/mol. The van der Waals surface area contributed by atoms with Gasteiger partial charge in [0.2, 0.25) is 5.95 Å². The molecule has 0 aliphatic heterocycles. The Morgan fingerprint density at radius 3 is 2.61 bits per heavy atom. The van der Waals surface area contributed by atoms with Gasteiger partial charge in [-0.1, -0.05) is 19.6 Å². The molecule has 1 aromatic heterocycles. The van der Waals surface area contributed by atoms with E-state index in [1.54, 1.807) is 0 Å². The molecule has 3 rings (SSSR count). The van der Waals surface area contributed by atoms with Crippen LogP contribution >= 0.6 is 0 Å². The van der Waals surface area contributed by atoms with Gasteiger partial charge in [-0.05, 0) is 56.2 Å². The van der Waals surface area contributed by atoms with Gasteiger partial charge in [-0.15, -0.1) is 10.2 Å². The highest BCUT2D eigenvalue weighted by Gasteiger charge is 2.10. The lowest BCUT2D eigenvalue weighted by Crippen LogP contribution is -2.25. The monoisotopic (exact) mass is 447 g/mol. The molecule has 0 spiro atoms. The number of anilines is 1. The molecule has 31 heavy (non-hydrogen) atoms. The van der Waals surface area contributed by atoms with E-state index in [9.17, 15) is 8.42 Å². The van der Waals surface area contributed by atoms with Crippen molar-refractivity contribution in [1.82, 2.24) is 9.97 Å². The predicted octanol–water partition coefficient (Wildman–Crippen LogP) is 5.05. The summed E-state index contributed by atoms with van der Waals surface area (Å²) in [6, 6.07) is 13.6. The van der Waals surface area contributed by atoms with Gasteiger partial charge in [0.05, 0.1) is 30.4 Å². The fourth-order valence-electron chi connectivity index (χ4n) is 2.97. The molecule has 168 valence electrons. The summed E-state index contributed by atoms with van der Waals surface area (Å²) < 4.78 is 31.4. The second-order valence-corrected chi connectivity index (χ2v) is 7.96. The second-order valence-electron chi connectivity index (χ2n) is 6.58. The first-order chi connectivity index (χ1) is 14.4. The van der Waals surface area contributed by atoms with Crippen LogP contribution in [0, 0.1) is 6.92 Å². The van der Waals surface area contributed by atoms with Crippen molar-refractivity contribution < 1.29 is 16.8 Å². The van der Waals surface area contributed by atoms with Crippen LogP contribution < -0.4 is 4.90 Å². The van der Waals surface area contributed by atoms with Gasteiger partial charge in [0.25, 0.3) is 0 Å². The molecule has 1 heterocycles. The van der Waals surface area contributed by atoms with Crippen molar-refractivity contribution in [2.75, 3.05) is 31.7 Å². The highest BCUT2D eigenvalue weighted by molar-refractivity contribution is 7.81. The number of imidazole rings is 1. The van der Waals surface area contributed by atoms with E-state index in [4.69, 9.17) is 4.18 Å². The zero-order valence-electron chi connectivity index (χ0n) is 17.2. The SMILES string of the molecule is C.CCN(CCCOS(=O)(=O)OC)c1ccc(N=Nc2nc3ccccc3[nH]2)c(C)c1. The molecule has 0 aliphatic carbocycles. The summed E-state index contributed by atoms with van der Waals surface area (Å²) in [5.41, 5.74) is 4.51. The van der Waals surface area contributed by atoms with Crippen LogP contribution in [0.3, 0.4) is 0 Å². The Morgan fingerprint density at radius 1 is 1.16 bits per heavy atom. The molecule has 1 N–H and O–H groups in total. The summed E-state index contributed by atoms with van der Waals surface area (Å²) in [6.45, 7) is 5.50. The van der Waals surface area contributed by atoms with Crippen molar-refractivity contribution in [3.05, 3.63) is 48.0 Å². The van der Waals surface area contributed by atoms with Crippen LogP contribution in [0.1, 0.15) is 26.3 Å². The second kappa shape index (κ2) is 11.0. The third-order valence-electron chi connectivity index (χ3n) is 4.56. The molecule has 0 bridgehead atoms. The van der Waals surface area contributed by atoms with Crippen LogP contribution in [0.5, 0.6) is 0 Å². The summed E-state index contributed by atoms with van der Waals surface area (Å²) in [7, 11) is -2.82. The Balaban J connectivity index is 0.00000341. The first-order valence-corrected chi connectivity index (χ1v) is 10.9. The number of nitrogens with one attached hydrogen (secondary N) is 1. The topological polar surface area (TPSA) is 109 Å². The molecule has 0 amide bonds. The van der Waals surface area contributed by atoms with Crippen LogP contribution in [0.2, 0.25) is 0 Å². The van der Waals surface area contributed by atoms with Gasteiger partial charge in [0.15, 0.2) is 0 Å². The molecule has 10 heteroatoms. The summed E-state index contributed by atoms with van der Waals surface area (Å²) in [6.07, 6.45) is 0.545. The third kappa shape index (κ3) is 6.58. The van der Waals surface area contributed by atoms with E-state index < -0.39 is 10.4 Å². The first-order valence-electron chi connectivity index (χ1n) is 9.59. The van der Waals surface area contributed by atoms with Gasteiger partial charge in [0, 0.05) is 18.8 Å². The minimum Gasteiger partial charge on any atom is -0.372 e. The number of hydrogen-bond donors (Lipinski definition) is 1. The Bertz CT molecular complexity index is 1090. The number of H-pyrrole nitrogens is 1. The van der Waals surface area contributed by atoms with E-state index in [2.05, 4.69) is 29.3 Å². The van der Waals surface area contributed by atoms with Crippen molar-refractivity contribution in [3.8, 4) is 0 Å². The summed E-state index contributed by atoms with van der Waals surface area (Å²) in [5, 5.41) is 8.54. The molecule has 0 aliphatic rings. The molecule has 0 fully saturated rings. The summed E-state index contributed by atoms with van der Waals surface area (Å²) in [5.74, 6) is 0.459. The molecule has 0 saturated carbocycles. The quantitative estimate of drug-likeness (QED) is 0.344. The van der Waals surface area contributed by atoms with Crippen molar-refractivity contribution in [3.63, 3.8) is 0 Å². The van der Waals surface area contributed by atoms with Crippen molar-refractivity contribution in [2.24, 2.45) is 10.2 Å². The van der Waals surface area contributed by atoms with Crippen molar-refractivity contribution in [1.29, 1.82) is 0 Å². The van der Waals surface area contributed by atoms with E-state index in [0.717, 1.165) is 41.6 Å². The Labute approximate surface area is 183 Å². The molecule has 0 atom stereocenters. The number of azo groups is 1. The van der Waals surface area contributed by atoms with E-state index in [0.29, 0.717) is 18.9 Å². The van der Waals surface area contributed by atoms with Gasteiger partial charge in [0.1, 0.15) is 0 Å².